The summed E-state index contributed by atoms with van der Waals surface area (Å²) in [5.74, 6) is 0.785. The number of aromatic nitrogens is 1. The second-order valence-electron chi connectivity index (χ2n) is 6.42. The zero-order valence-corrected chi connectivity index (χ0v) is 15.9. The molecule has 1 aliphatic rings. The summed E-state index contributed by atoms with van der Waals surface area (Å²) in [4.78, 5) is 18.0. The minimum absolute atomic E-state index is 0.189. The fourth-order valence-electron chi connectivity index (χ4n) is 3.61. The van der Waals surface area contributed by atoms with Crippen LogP contribution in [0, 0.1) is 0 Å². The van der Waals surface area contributed by atoms with Gasteiger partial charge in [0.15, 0.2) is 0 Å². The number of halogens is 1. The third kappa shape index (κ3) is 3.08. The molecule has 1 heterocycles. The fraction of sp³-hybridized carbons (Fsp3) is 0.238. The summed E-state index contributed by atoms with van der Waals surface area (Å²) >= 11 is 6.23. The number of fused-ring (bicyclic) bond motifs is 2. The largest absolute Gasteiger partial charge is 0.495 e. The van der Waals surface area contributed by atoms with Crippen LogP contribution in [-0.4, -0.2) is 25.1 Å². The van der Waals surface area contributed by atoms with Gasteiger partial charge in [-0.2, -0.15) is 0 Å². The Bertz CT molecular complexity index is 1050. The van der Waals surface area contributed by atoms with Gasteiger partial charge in [-0.15, -0.1) is 0 Å². The van der Waals surface area contributed by atoms with Crippen LogP contribution < -0.4 is 14.8 Å². The number of anilines is 1. The minimum Gasteiger partial charge on any atom is -0.495 e. The van der Waals surface area contributed by atoms with Gasteiger partial charge >= 0.3 is 0 Å². The minimum atomic E-state index is -0.189. The molecule has 2 aromatic carbocycles. The second-order valence-corrected chi connectivity index (χ2v) is 6.83. The second kappa shape index (κ2) is 7.08. The molecule has 27 heavy (non-hydrogen) atoms. The average Bonchev–Trinajstić information content (AvgIpc) is 3.14. The van der Waals surface area contributed by atoms with E-state index in [1.165, 1.54) is 14.2 Å². The normalized spacial score (nSPS) is 12.7. The summed E-state index contributed by atoms with van der Waals surface area (Å²) in [7, 11) is 3.07. The van der Waals surface area contributed by atoms with Gasteiger partial charge in [0.2, 0.25) is 0 Å². The van der Waals surface area contributed by atoms with Crippen molar-refractivity contribution in [3.8, 4) is 11.5 Å². The van der Waals surface area contributed by atoms with Crippen LogP contribution in [-0.2, 0) is 12.8 Å². The molecule has 0 atom stereocenters. The van der Waals surface area contributed by atoms with Crippen molar-refractivity contribution in [1.29, 1.82) is 0 Å². The van der Waals surface area contributed by atoms with E-state index in [1.807, 2.05) is 24.3 Å². The Kier molecular flexibility index (Phi) is 4.62. The molecule has 1 amide bonds. The van der Waals surface area contributed by atoms with Crippen LogP contribution in [0.4, 0.5) is 5.69 Å². The number of methoxy groups -OCH3 is 2. The van der Waals surface area contributed by atoms with Gasteiger partial charge in [0.05, 0.1) is 36.0 Å². The molecule has 0 fully saturated rings. The number of pyridine rings is 1. The first-order valence-corrected chi connectivity index (χ1v) is 9.13. The van der Waals surface area contributed by atoms with Gasteiger partial charge < -0.3 is 14.8 Å². The fourth-order valence-corrected chi connectivity index (χ4v) is 3.85. The Morgan fingerprint density at radius 2 is 1.89 bits per heavy atom. The number of hydrogen-bond donors (Lipinski definition) is 1. The third-order valence-corrected chi connectivity index (χ3v) is 5.16. The quantitative estimate of drug-likeness (QED) is 0.713. The monoisotopic (exact) mass is 382 g/mol. The van der Waals surface area contributed by atoms with E-state index in [2.05, 4.69) is 5.32 Å². The number of rotatable bonds is 4. The molecule has 3 aromatic rings. The van der Waals surface area contributed by atoms with E-state index < -0.39 is 0 Å². The maximum Gasteiger partial charge on any atom is 0.256 e. The standard InChI is InChI=1S/C21H19ClN2O3/c1-26-18-11-19(27-2)17(10-14(18)22)24-21(25)20-12-6-3-4-8-15(12)23-16-9-5-7-13(16)20/h3-4,6,8,10-11H,5,7,9H2,1-2H3,(H,24,25). The van der Waals surface area contributed by atoms with Gasteiger partial charge in [0, 0.05) is 17.1 Å². The lowest BCUT2D eigenvalue weighted by Gasteiger charge is -2.15. The van der Waals surface area contributed by atoms with Crippen LogP contribution in [0.1, 0.15) is 28.0 Å². The summed E-state index contributed by atoms with van der Waals surface area (Å²) in [6.07, 6.45) is 2.77. The molecular weight excluding hydrogens is 364 g/mol. The molecule has 0 radical (unpaired) electrons. The van der Waals surface area contributed by atoms with Gasteiger partial charge in [-0.3, -0.25) is 9.78 Å². The van der Waals surface area contributed by atoms with E-state index in [1.54, 1.807) is 12.1 Å². The molecule has 5 nitrogen and oxygen atoms in total. The summed E-state index contributed by atoms with van der Waals surface area (Å²) in [5.41, 5.74) is 4.06. The van der Waals surface area contributed by atoms with Crippen molar-refractivity contribution < 1.29 is 14.3 Å². The van der Waals surface area contributed by atoms with Crippen molar-refractivity contribution in [1.82, 2.24) is 4.98 Å². The molecular formula is C21H19ClN2O3. The molecule has 0 unspecified atom stereocenters. The van der Waals surface area contributed by atoms with Crippen molar-refractivity contribution >= 4 is 34.1 Å². The Morgan fingerprint density at radius 3 is 2.67 bits per heavy atom. The van der Waals surface area contributed by atoms with Crippen LogP contribution in [0.3, 0.4) is 0 Å². The molecule has 4 rings (SSSR count). The lowest BCUT2D eigenvalue weighted by atomic mass is 10.0. The summed E-state index contributed by atoms with van der Waals surface area (Å²) in [6, 6.07) is 11.0. The number of ether oxygens (including phenoxy) is 2. The number of nitrogens with one attached hydrogen (secondary N) is 1. The molecule has 0 bridgehead atoms. The van der Waals surface area contributed by atoms with E-state index in [0.717, 1.165) is 41.4 Å². The van der Waals surface area contributed by atoms with Gasteiger partial charge in [0.25, 0.3) is 5.91 Å². The Morgan fingerprint density at radius 1 is 1.11 bits per heavy atom. The van der Waals surface area contributed by atoms with Crippen LogP contribution in [0.25, 0.3) is 10.9 Å². The van der Waals surface area contributed by atoms with Gasteiger partial charge in [-0.25, -0.2) is 0 Å². The highest BCUT2D eigenvalue weighted by Gasteiger charge is 2.24. The predicted octanol–water partition coefficient (Wildman–Crippen LogP) is 4.65. The number of benzene rings is 2. The lowest BCUT2D eigenvalue weighted by molar-refractivity contribution is 0.102. The van der Waals surface area contributed by atoms with Crippen molar-refractivity contribution in [2.75, 3.05) is 19.5 Å². The number of carbonyl (C=O) groups excluding carboxylic acids is 1. The van der Waals surface area contributed by atoms with Crippen molar-refractivity contribution in [3.05, 3.63) is 58.2 Å². The first-order valence-electron chi connectivity index (χ1n) is 8.75. The highest BCUT2D eigenvalue weighted by molar-refractivity contribution is 6.32. The first-order chi connectivity index (χ1) is 13.1. The number of aryl methyl sites for hydroxylation is 1. The first kappa shape index (κ1) is 17.6. The molecule has 0 aliphatic heterocycles. The number of carbonyl (C=O) groups is 1. The average molecular weight is 383 g/mol. The van der Waals surface area contributed by atoms with E-state index in [-0.39, 0.29) is 5.91 Å². The lowest BCUT2D eigenvalue weighted by Crippen LogP contribution is -2.16. The predicted molar refractivity (Wildman–Crippen MR) is 106 cm³/mol. The summed E-state index contributed by atoms with van der Waals surface area (Å²) in [5, 5.41) is 4.22. The van der Waals surface area contributed by atoms with Gasteiger partial charge in [-0.05, 0) is 37.0 Å². The third-order valence-electron chi connectivity index (χ3n) is 4.87. The smallest absolute Gasteiger partial charge is 0.256 e. The van der Waals surface area contributed by atoms with Crippen molar-refractivity contribution in [3.63, 3.8) is 0 Å². The van der Waals surface area contributed by atoms with Crippen LogP contribution in [0.15, 0.2) is 36.4 Å². The summed E-state index contributed by atoms with van der Waals surface area (Å²) < 4.78 is 10.6. The SMILES string of the molecule is COc1cc(OC)c(NC(=O)c2c3c(nc4ccccc24)CCC3)cc1Cl. The Hall–Kier alpha value is -2.79. The zero-order valence-electron chi connectivity index (χ0n) is 15.1. The van der Waals surface area contributed by atoms with E-state index in [0.29, 0.717) is 27.8 Å². The Labute approximate surface area is 162 Å². The molecule has 0 spiro atoms. The Balaban J connectivity index is 1.80. The zero-order chi connectivity index (χ0) is 19.0. The number of amides is 1. The van der Waals surface area contributed by atoms with E-state index in [9.17, 15) is 4.79 Å². The molecule has 0 saturated heterocycles. The maximum absolute atomic E-state index is 13.3. The van der Waals surface area contributed by atoms with Gasteiger partial charge in [-0.1, -0.05) is 29.8 Å². The molecule has 1 aromatic heterocycles. The number of para-hydroxylation sites is 1. The highest BCUT2D eigenvalue weighted by atomic mass is 35.5. The van der Waals surface area contributed by atoms with Gasteiger partial charge in [0.1, 0.15) is 11.5 Å². The number of hydrogen-bond acceptors (Lipinski definition) is 4. The van der Waals surface area contributed by atoms with Crippen LogP contribution >= 0.6 is 11.6 Å². The molecule has 138 valence electrons. The number of nitrogens with zero attached hydrogens (tertiary/aromatic N) is 1. The molecule has 1 aliphatic carbocycles. The van der Waals surface area contributed by atoms with Crippen LogP contribution in [0.5, 0.6) is 11.5 Å². The molecule has 0 saturated carbocycles. The topological polar surface area (TPSA) is 60.5 Å². The molecule has 6 heteroatoms. The van der Waals surface area contributed by atoms with Crippen LogP contribution in [0.2, 0.25) is 5.02 Å². The van der Waals surface area contributed by atoms with Crippen molar-refractivity contribution in [2.24, 2.45) is 0 Å². The van der Waals surface area contributed by atoms with Crippen molar-refractivity contribution in [2.45, 2.75) is 19.3 Å². The van der Waals surface area contributed by atoms with E-state index in [4.69, 9.17) is 26.1 Å². The maximum atomic E-state index is 13.3. The summed E-state index contributed by atoms with van der Waals surface area (Å²) in [6.45, 7) is 0. The molecule has 1 N–H and O–H groups in total. The highest BCUT2D eigenvalue weighted by Crippen LogP contribution is 2.37. The van der Waals surface area contributed by atoms with E-state index >= 15 is 0 Å².